The van der Waals surface area contributed by atoms with Crippen molar-refractivity contribution >= 4 is 23.2 Å². The molecule has 0 atom stereocenters. The second-order valence-electron chi connectivity index (χ2n) is 9.40. The van der Waals surface area contributed by atoms with Crippen LogP contribution in [0.4, 0.5) is 5.69 Å². The van der Waals surface area contributed by atoms with Gasteiger partial charge in [0.05, 0.1) is 7.11 Å². The number of hydrogen-bond donors (Lipinski definition) is 1. The summed E-state index contributed by atoms with van der Waals surface area (Å²) >= 11 is 0. The zero-order valence-corrected chi connectivity index (χ0v) is 20.6. The minimum atomic E-state index is -0.334. The van der Waals surface area contributed by atoms with E-state index < -0.39 is 0 Å². The second kappa shape index (κ2) is 10.0. The predicted molar refractivity (Wildman–Crippen MR) is 136 cm³/mol. The van der Waals surface area contributed by atoms with Crippen LogP contribution >= 0.6 is 0 Å². The van der Waals surface area contributed by atoms with Crippen molar-refractivity contribution in [2.75, 3.05) is 26.1 Å². The summed E-state index contributed by atoms with van der Waals surface area (Å²) in [4.78, 5) is 40.6. The highest BCUT2D eigenvalue weighted by molar-refractivity contribution is 6.06. The molecule has 186 valence electrons. The van der Waals surface area contributed by atoms with Gasteiger partial charge in [0.1, 0.15) is 11.5 Å². The number of carbonyl (C=O) groups excluding carboxylic acids is 3. The molecule has 2 aliphatic carbocycles. The molecule has 0 bridgehead atoms. The van der Waals surface area contributed by atoms with Crippen LogP contribution in [0.15, 0.2) is 71.1 Å². The number of Topliss-reactive ketones (excluding diaryl/α,β-unsaturated/α-hetero) is 2. The van der Waals surface area contributed by atoms with Gasteiger partial charge in [0.25, 0.3) is 5.91 Å². The lowest BCUT2D eigenvalue weighted by Crippen LogP contribution is -2.37. The quantitative estimate of drug-likeness (QED) is 0.634. The number of allylic oxidation sites excluding steroid dienone is 4. The van der Waals surface area contributed by atoms with Gasteiger partial charge < -0.3 is 19.7 Å². The number of methoxy groups -OCH3 is 1. The lowest BCUT2D eigenvalue weighted by atomic mass is 9.71. The molecule has 1 N–H and O–H groups in total. The zero-order valence-electron chi connectivity index (χ0n) is 20.6. The maximum atomic E-state index is 13.1. The van der Waals surface area contributed by atoms with E-state index in [1.165, 1.54) is 0 Å². The fraction of sp³-hybridized carbons (Fsp3) is 0.345. The van der Waals surface area contributed by atoms with Gasteiger partial charge >= 0.3 is 0 Å². The van der Waals surface area contributed by atoms with E-state index in [9.17, 15) is 14.4 Å². The van der Waals surface area contributed by atoms with E-state index in [2.05, 4.69) is 10.2 Å². The Labute approximate surface area is 210 Å². The highest BCUT2D eigenvalue weighted by Crippen LogP contribution is 2.48. The molecule has 1 aliphatic heterocycles. The molecule has 3 aliphatic rings. The molecule has 0 spiro atoms. The number of nitrogens with zero attached hydrogens (tertiary/aromatic N) is 1. The first-order chi connectivity index (χ1) is 17.5. The standard InChI is InChI=1S/C29H30N2O5/c1-31-22-5-3-7-24(32)28(22)27(29-23(31)6-4-8-25(29)33)18-9-13-21(14-10-18)36-17-26(34)30-19-11-15-20(35-2)16-12-19/h9-16,27H,3-8,17H2,1-2H3,(H,30,34). The Balaban J connectivity index is 1.33. The van der Waals surface area contributed by atoms with Crippen molar-refractivity contribution in [3.63, 3.8) is 0 Å². The van der Waals surface area contributed by atoms with E-state index in [0.717, 1.165) is 53.8 Å². The summed E-state index contributed by atoms with van der Waals surface area (Å²) in [7, 11) is 3.58. The largest absolute Gasteiger partial charge is 0.497 e. The van der Waals surface area contributed by atoms with Crippen molar-refractivity contribution in [3.8, 4) is 11.5 Å². The molecule has 7 heteroatoms. The van der Waals surface area contributed by atoms with Crippen molar-refractivity contribution in [1.29, 1.82) is 0 Å². The fourth-order valence-corrected chi connectivity index (χ4v) is 5.46. The van der Waals surface area contributed by atoms with Gasteiger partial charge in [0.2, 0.25) is 0 Å². The number of benzene rings is 2. The van der Waals surface area contributed by atoms with E-state index in [-0.39, 0.29) is 30.0 Å². The molecule has 0 aromatic heterocycles. The average molecular weight is 487 g/mol. The first-order valence-electron chi connectivity index (χ1n) is 12.4. The van der Waals surface area contributed by atoms with Crippen molar-refractivity contribution in [1.82, 2.24) is 4.90 Å². The number of rotatable bonds is 6. The molecule has 36 heavy (non-hydrogen) atoms. The number of ketones is 2. The van der Waals surface area contributed by atoms with Gasteiger partial charge in [-0.3, -0.25) is 14.4 Å². The number of amides is 1. The minimum Gasteiger partial charge on any atom is -0.497 e. The third-order valence-corrected chi connectivity index (χ3v) is 7.20. The predicted octanol–water partition coefficient (Wildman–Crippen LogP) is 4.76. The first kappa shape index (κ1) is 23.9. The number of nitrogens with one attached hydrogen (secondary N) is 1. The molecule has 0 radical (unpaired) electrons. The molecule has 0 unspecified atom stereocenters. The average Bonchev–Trinajstić information content (AvgIpc) is 2.89. The highest BCUT2D eigenvalue weighted by atomic mass is 16.5. The Morgan fingerprint density at radius 2 is 1.42 bits per heavy atom. The molecule has 0 fully saturated rings. The number of anilines is 1. The molecular weight excluding hydrogens is 456 g/mol. The highest BCUT2D eigenvalue weighted by Gasteiger charge is 2.42. The number of hydrogen-bond acceptors (Lipinski definition) is 6. The topological polar surface area (TPSA) is 84.9 Å². The van der Waals surface area contributed by atoms with E-state index in [1.54, 1.807) is 43.5 Å². The summed E-state index contributed by atoms with van der Waals surface area (Å²) in [5, 5.41) is 2.79. The van der Waals surface area contributed by atoms with Gasteiger partial charge in [-0.05, 0) is 67.6 Å². The minimum absolute atomic E-state index is 0.133. The first-order valence-corrected chi connectivity index (χ1v) is 12.4. The van der Waals surface area contributed by atoms with Crippen LogP contribution in [0.1, 0.15) is 50.0 Å². The van der Waals surface area contributed by atoms with Crippen LogP contribution in [0, 0.1) is 0 Å². The van der Waals surface area contributed by atoms with Crippen molar-refractivity contribution in [2.24, 2.45) is 0 Å². The monoisotopic (exact) mass is 486 g/mol. The molecule has 0 saturated carbocycles. The van der Waals surface area contributed by atoms with E-state index in [0.29, 0.717) is 30.0 Å². The van der Waals surface area contributed by atoms with Crippen LogP contribution in [-0.4, -0.2) is 43.1 Å². The fourth-order valence-electron chi connectivity index (χ4n) is 5.46. The maximum absolute atomic E-state index is 13.1. The number of ether oxygens (including phenoxy) is 2. The van der Waals surface area contributed by atoms with Gasteiger partial charge in [-0.15, -0.1) is 0 Å². The third kappa shape index (κ3) is 4.53. The zero-order chi connectivity index (χ0) is 25.2. The summed E-state index contributed by atoms with van der Waals surface area (Å²) < 4.78 is 10.8. The Morgan fingerprint density at radius 1 is 0.861 bits per heavy atom. The van der Waals surface area contributed by atoms with Gasteiger partial charge in [-0.1, -0.05) is 12.1 Å². The van der Waals surface area contributed by atoms with Crippen LogP contribution in [0.2, 0.25) is 0 Å². The summed E-state index contributed by atoms with van der Waals surface area (Å²) in [6, 6.07) is 14.5. The Hall–Kier alpha value is -3.87. The SMILES string of the molecule is COc1ccc(NC(=O)COc2ccc(C3C4=C(CCCC4=O)N(C)C4=C3C(=O)CCC4)cc2)cc1. The van der Waals surface area contributed by atoms with Gasteiger partial charge in [-0.25, -0.2) is 0 Å². The van der Waals surface area contributed by atoms with E-state index in [1.807, 2.05) is 19.2 Å². The molecule has 1 heterocycles. The third-order valence-electron chi connectivity index (χ3n) is 7.20. The van der Waals surface area contributed by atoms with Crippen LogP contribution < -0.4 is 14.8 Å². The Kier molecular flexibility index (Phi) is 6.63. The normalized spacial score (nSPS) is 18.1. The van der Waals surface area contributed by atoms with Crippen LogP contribution in [0.25, 0.3) is 0 Å². The molecule has 2 aromatic rings. The van der Waals surface area contributed by atoms with E-state index >= 15 is 0 Å². The van der Waals surface area contributed by atoms with Crippen molar-refractivity contribution < 1.29 is 23.9 Å². The van der Waals surface area contributed by atoms with Crippen LogP contribution in [-0.2, 0) is 14.4 Å². The van der Waals surface area contributed by atoms with Gasteiger partial charge in [-0.2, -0.15) is 0 Å². The lowest BCUT2D eigenvalue weighted by Gasteiger charge is -2.42. The summed E-state index contributed by atoms with van der Waals surface area (Å²) in [6.07, 6.45) is 4.43. The number of carbonyl (C=O) groups is 3. The second-order valence-corrected chi connectivity index (χ2v) is 9.40. The Morgan fingerprint density at radius 3 is 1.97 bits per heavy atom. The molecule has 0 saturated heterocycles. The molecular formula is C29H30N2O5. The van der Waals surface area contributed by atoms with E-state index in [4.69, 9.17) is 9.47 Å². The molecule has 5 rings (SSSR count). The summed E-state index contributed by atoms with van der Waals surface area (Å²) in [5.74, 6) is 0.917. The summed E-state index contributed by atoms with van der Waals surface area (Å²) in [5.41, 5.74) is 5.21. The van der Waals surface area contributed by atoms with Crippen LogP contribution in [0.5, 0.6) is 11.5 Å². The van der Waals surface area contributed by atoms with Crippen molar-refractivity contribution in [3.05, 3.63) is 76.6 Å². The smallest absolute Gasteiger partial charge is 0.262 e. The Bertz CT molecular complexity index is 1210. The van der Waals surface area contributed by atoms with Crippen molar-refractivity contribution in [2.45, 2.75) is 44.4 Å². The lowest BCUT2D eigenvalue weighted by molar-refractivity contribution is -0.118. The van der Waals surface area contributed by atoms with Gasteiger partial charge in [0, 0.05) is 54.0 Å². The maximum Gasteiger partial charge on any atom is 0.262 e. The van der Waals surface area contributed by atoms with Crippen LogP contribution in [0.3, 0.4) is 0 Å². The molecule has 7 nitrogen and oxygen atoms in total. The molecule has 2 aromatic carbocycles. The van der Waals surface area contributed by atoms with Gasteiger partial charge in [0.15, 0.2) is 18.2 Å². The summed E-state index contributed by atoms with van der Waals surface area (Å²) in [6.45, 7) is -0.138. The molecule has 1 amide bonds.